The van der Waals surface area contributed by atoms with Gasteiger partial charge in [0.15, 0.2) is 23.5 Å². The van der Waals surface area contributed by atoms with Gasteiger partial charge < -0.3 is 38.5 Å². The fraction of sp³-hybridized carbons (Fsp3) is 0.360. The van der Waals surface area contributed by atoms with Crippen LogP contribution in [0.1, 0.15) is 11.8 Å². The molecule has 182 valence electrons. The Morgan fingerprint density at radius 2 is 1.91 bits per heavy atom. The van der Waals surface area contributed by atoms with Crippen LogP contribution in [0.3, 0.4) is 0 Å². The molecule has 35 heavy (non-hydrogen) atoms. The van der Waals surface area contributed by atoms with Crippen LogP contribution in [0.5, 0.6) is 11.5 Å². The monoisotopic (exact) mass is 478 g/mol. The number of benzene rings is 2. The number of methoxy groups -OCH3 is 2. The van der Waals surface area contributed by atoms with E-state index in [9.17, 15) is 5.11 Å². The van der Waals surface area contributed by atoms with E-state index in [4.69, 9.17) is 23.5 Å². The Balaban J connectivity index is 1.24. The maximum atomic E-state index is 11.5. The van der Waals surface area contributed by atoms with Gasteiger partial charge in [0.2, 0.25) is 0 Å². The van der Waals surface area contributed by atoms with Gasteiger partial charge >= 0.3 is 0 Å². The fourth-order valence-corrected chi connectivity index (χ4v) is 4.90. The Morgan fingerprint density at radius 1 is 1.11 bits per heavy atom. The highest BCUT2D eigenvalue weighted by Crippen LogP contribution is 2.39. The molecule has 4 aromatic rings. The summed E-state index contributed by atoms with van der Waals surface area (Å²) >= 11 is 0. The van der Waals surface area contributed by atoms with Crippen LogP contribution in [0, 0.1) is 0 Å². The summed E-state index contributed by atoms with van der Waals surface area (Å²) in [5, 5.41) is 19.0. The van der Waals surface area contributed by atoms with E-state index in [-0.39, 0.29) is 12.1 Å². The van der Waals surface area contributed by atoms with Gasteiger partial charge in [0.1, 0.15) is 17.8 Å². The number of hydrogen-bond donors (Lipinski definition) is 2. The van der Waals surface area contributed by atoms with Gasteiger partial charge in [-0.15, -0.1) is 0 Å². The lowest BCUT2D eigenvalue weighted by Crippen LogP contribution is -2.57. The van der Waals surface area contributed by atoms with Crippen molar-refractivity contribution in [3.8, 4) is 22.8 Å². The Hall–Kier alpha value is -3.44. The summed E-state index contributed by atoms with van der Waals surface area (Å²) in [4.78, 5) is 4.51. The summed E-state index contributed by atoms with van der Waals surface area (Å²) < 4.78 is 30.3. The van der Waals surface area contributed by atoms with Crippen LogP contribution in [-0.2, 0) is 16.0 Å². The van der Waals surface area contributed by atoms with E-state index in [2.05, 4.69) is 15.5 Å². The first-order valence-electron chi connectivity index (χ1n) is 11.4. The van der Waals surface area contributed by atoms with Crippen molar-refractivity contribution in [1.82, 2.24) is 20.0 Å². The molecule has 10 nitrogen and oxygen atoms in total. The van der Waals surface area contributed by atoms with Gasteiger partial charge in [-0.2, -0.15) is 0 Å². The number of aliphatic hydroxyl groups excluding tert-OH is 1. The Bertz CT molecular complexity index is 1320. The Kier molecular flexibility index (Phi) is 5.65. The highest BCUT2D eigenvalue weighted by molar-refractivity contribution is 5.80. The minimum Gasteiger partial charge on any atom is -0.493 e. The number of ether oxygens (including phenoxy) is 4. The van der Waals surface area contributed by atoms with E-state index in [0.717, 1.165) is 22.3 Å². The fourth-order valence-electron chi connectivity index (χ4n) is 4.90. The molecule has 2 aliphatic heterocycles. The van der Waals surface area contributed by atoms with Crippen molar-refractivity contribution in [3.63, 3.8) is 0 Å². The molecular weight excluding hydrogens is 452 g/mol. The predicted octanol–water partition coefficient (Wildman–Crippen LogP) is 2.52. The molecule has 4 heterocycles. The first-order valence-corrected chi connectivity index (χ1v) is 11.4. The average Bonchev–Trinajstić information content (AvgIpc) is 3.64. The van der Waals surface area contributed by atoms with Gasteiger partial charge in [0.05, 0.1) is 56.9 Å². The molecule has 6 rings (SSSR count). The van der Waals surface area contributed by atoms with Crippen LogP contribution in [0.2, 0.25) is 0 Å². The molecule has 0 amide bonds. The second-order valence-corrected chi connectivity index (χ2v) is 8.66. The molecule has 2 aromatic heterocycles. The van der Waals surface area contributed by atoms with Gasteiger partial charge in [0, 0.05) is 23.8 Å². The van der Waals surface area contributed by atoms with Crippen molar-refractivity contribution >= 4 is 11.0 Å². The van der Waals surface area contributed by atoms with Crippen molar-refractivity contribution in [1.29, 1.82) is 0 Å². The zero-order chi connectivity index (χ0) is 23.9. The lowest BCUT2D eigenvalue weighted by molar-refractivity contribution is -0.164. The maximum Gasteiger partial charge on any atom is 0.181 e. The number of hydrogen-bond acceptors (Lipinski definition) is 9. The van der Waals surface area contributed by atoms with Gasteiger partial charge in [0.25, 0.3) is 0 Å². The van der Waals surface area contributed by atoms with Gasteiger partial charge in [-0.05, 0) is 0 Å². The molecule has 2 aliphatic rings. The third-order valence-corrected chi connectivity index (χ3v) is 6.67. The van der Waals surface area contributed by atoms with E-state index >= 15 is 0 Å². The van der Waals surface area contributed by atoms with Crippen LogP contribution < -0.4 is 14.8 Å². The van der Waals surface area contributed by atoms with Crippen LogP contribution in [0.4, 0.5) is 0 Å². The van der Waals surface area contributed by atoms with Crippen LogP contribution in [0.15, 0.2) is 59.4 Å². The van der Waals surface area contributed by atoms with Crippen molar-refractivity contribution < 1.29 is 28.6 Å². The highest BCUT2D eigenvalue weighted by Gasteiger charge is 2.51. The van der Waals surface area contributed by atoms with Crippen molar-refractivity contribution in [2.24, 2.45) is 0 Å². The molecule has 0 saturated carbocycles. The molecule has 2 aromatic carbocycles. The molecule has 0 unspecified atom stereocenters. The number of imidazole rings is 1. The van der Waals surface area contributed by atoms with E-state index < -0.39 is 18.4 Å². The zero-order valence-electron chi connectivity index (χ0n) is 19.3. The lowest BCUT2D eigenvalue weighted by atomic mass is 9.95. The minimum absolute atomic E-state index is 0.285. The van der Waals surface area contributed by atoms with E-state index in [1.54, 1.807) is 20.5 Å². The largest absolute Gasteiger partial charge is 0.493 e. The standard InChI is InChI=1S/C25H26N4O6/c1-31-19-9-17-18(10-20(19)32-2)29(13-27-17)23-24(30)22(21-12-33-25(23)34-21)26-11-15-8-16(28-35-15)14-6-4-3-5-7-14/h3-10,13,21-26,30H,11-12H2,1-2H3/t21-,22-,23-,24+,25-/m1/s1. The normalized spacial score (nSPS) is 25.7. The first kappa shape index (κ1) is 22.1. The molecule has 2 bridgehead atoms. The third kappa shape index (κ3) is 3.84. The van der Waals surface area contributed by atoms with Crippen molar-refractivity contribution in [2.45, 2.75) is 37.1 Å². The van der Waals surface area contributed by atoms with E-state index in [1.165, 1.54) is 0 Å². The second-order valence-electron chi connectivity index (χ2n) is 8.66. The summed E-state index contributed by atoms with van der Waals surface area (Å²) in [5.41, 5.74) is 3.24. The molecule has 10 heteroatoms. The topological polar surface area (TPSA) is 113 Å². The third-order valence-electron chi connectivity index (χ3n) is 6.67. The molecule has 2 N–H and O–H groups in total. The van der Waals surface area contributed by atoms with Gasteiger partial charge in [-0.25, -0.2) is 4.98 Å². The van der Waals surface area contributed by atoms with Crippen molar-refractivity contribution in [2.75, 3.05) is 20.8 Å². The molecule has 0 radical (unpaired) electrons. The van der Waals surface area contributed by atoms with Crippen LogP contribution in [-0.4, -0.2) is 65.2 Å². The molecule has 5 atom stereocenters. The highest BCUT2D eigenvalue weighted by atomic mass is 16.7. The predicted molar refractivity (Wildman–Crippen MR) is 125 cm³/mol. The van der Waals surface area contributed by atoms with Crippen LogP contribution >= 0.6 is 0 Å². The lowest BCUT2D eigenvalue weighted by Gasteiger charge is -2.39. The van der Waals surface area contributed by atoms with E-state index in [0.29, 0.717) is 30.4 Å². The Labute approximate surface area is 201 Å². The Morgan fingerprint density at radius 3 is 2.71 bits per heavy atom. The number of aromatic nitrogens is 3. The van der Waals surface area contributed by atoms with E-state index in [1.807, 2.05) is 53.1 Å². The smallest absolute Gasteiger partial charge is 0.181 e. The van der Waals surface area contributed by atoms with Gasteiger partial charge in [-0.1, -0.05) is 35.5 Å². The number of aliphatic hydroxyl groups is 1. The zero-order valence-corrected chi connectivity index (χ0v) is 19.3. The van der Waals surface area contributed by atoms with Gasteiger partial charge in [-0.3, -0.25) is 0 Å². The minimum atomic E-state index is -0.803. The quantitative estimate of drug-likeness (QED) is 0.414. The summed E-state index contributed by atoms with van der Waals surface area (Å²) in [6, 6.07) is 14.5. The molecule has 2 fully saturated rings. The summed E-state index contributed by atoms with van der Waals surface area (Å²) in [6.07, 6.45) is 0.00609. The maximum absolute atomic E-state index is 11.5. The molecule has 0 aliphatic carbocycles. The molecule has 2 saturated heterocycles. The number of nitrogens with zero attached hydrogens (tertiary/aromatic N) is 3. The molecule has 0 spiro atoms. The summed E-state index contributed by atoms with van der Waals surface area (Å²) in [7, 11) is 3.17. The SMILES string of the molecule is COc1cc2ncn([C@H]3[C@@H]4OC[C@@H](O4)[C@@H](NCc4cc(-c5ccccc5)no4)[C@@H]3O)c2cc1OC. The summed E-state index contributed by atoms with van der Waals surface area (Å²) in [5.74, 6) is 1.83. The molecular formula is C25H26N4O6. The average molecular weight is 479 g/mol. The first-order chi connectivity index (χ1) is 17.2. The number of rotatable bonds is 7. The summed E-state index contributed by atoms with van der Waals surface area (Å²) in [6.45, 7) is 0.764. The van der Waals surface area contributed by atoms with Crippen LogP contribution in [0.25, 0.3) is 22.3 Å². The second kappa shape index (κ2) is 8.97. The number of nitrogens with one attached hydrogen (secondary N) is 1. The number of fused-ring (bicyclic) bond motifs is 3. The van der Waals surface area contributed by atoms with Crippen molar-refractivity contribution in [3.05, 3.63) is 60.6 Å².